The maximum atomic E-state index is 13.1. The number of nitrogens with one attached hydrogen (secondary N) is 2. The van der Waals surface area contributed by atoms with E-state index in [1.54, 1.807) is 0 Å². The van der Waals surface area contributed by atoms with Crippen LogP contribution in [0.4, 0.5) is 0 Å². The highest BCUT2D eigenvalue weighted by molar-refractivity contribution is 6.50. The monoisotopic (exact) mass is 458 g/mol. The van der Waals surface area contributed by atoms with Crippen molar-refractivity contribution in [3.63, 3.8) is 0 Å². The molecule has 0 bridgehead atoms. The smallest absolute Gasteiger partial charge is 0.259 e. The zero-order valence-corrected chi connectivity index (χ0v) is 19.9. The number of fused-ring (bicyclic) bond motifs is 2. The SMILES string of the molecule is CC(C)(C)OCCOc1cc2c(c(C3=C(c4c[nH]c5ccccc45)C(=O)NC3=O)c1)CCCC2. The average molecular weight is 459 g/mol. The average Bonchev–Trinajstić information content (AvgIpc) is 3.35. The first-order valence-electron chi connectivity index (χ1n) is 11.9. The van der Waals surface area contributed by atoms with E-state index < -0.39 is 0 Å². The number of rotatable bonds is 6. The van der Waals surface area contributed by atoms with Crippen LogP contribution >= 0.6 is 0 Å². The summed E-state index contributed by atoms with van der Waals surface area (Å²) in [4.78, 5) is 29.4. The molecule has 1 aliphatic carbocycles. The Balaban J connectivity index is 1.60. The Morgan fingerprint density at radius 2 is 1.65 bits per heavy atom. The number of carbonyl (C=O) groups excluding carboxylic acids is 2. The number of aryl methyl sites for hydroxylation is 1. The topological polar surface area (TPSA) is 80.4 Å². The summed E-state index contributed by atoms with van der Waals surface area (Å²) in [7, 11) is 0. The molecule has 5 rings (SSSR count). The van der Waals surface area contributed by atoms with Gasteiger partial charge in [-0.05, 0) is 81.3 Å². The fourth-order valence-corrected chi connectivity index (χ4v) is 4.90. The fraction of sp³-hybridized carbons (Fsp3) is 0.357. The molecule has 0 unspecified atom stereocenters. The van der Waals surface area contributed by atoms with Gasteiger partial charge in [-0.1, -0.05) is 18.2 Å². The molecule has 0 atom stereocenters. The van der Waals surface area contributed by atoms with Crippen LogP contribution in [-0.2, 0) is 27.2 Å². The van der Waals surface area contributed by atoms with Gasteiger partial charge in [0.05, 0.1) is 23.4 Å². The highest BCUT2D eigenvalue weighted by Gasteiger charge is 2.35. The van der Waals surface area contributed by atoms with Gasteiger partial charge in [0.15, 0.2) is 0 Å². The molecule has 2 N–H and O–H groups in total. The van der Waals surface area contributed by atoms with Crippen LogP contribution in [0.3, 0.4) is 0 Å². The number of H-pyrrole nitrogens is 1. The highest BCUT2D eigenvalue weighted by atomic mass is 16.5. The van der Waals surface area contributed by atoms with Crippen LogP contribution in [0.1, 0.15) is 55.9 Å². The van der Waals surface area contributed by atoms with E-state index in [2.05, 4.69) is 16.4 Å². The molecule has 2 aromatic carbocycles. The van der Waals surface area contributed by atoms with Gasteiger partial charge in [0.1, 0.15) is 12.4 Å². The maximum absolute atomic E-state index is 13.1. The molecular weight excluding hydrogens is 428 g/mol. The molecule has 1 aromatic heterocycles. The zero-order chi connectivity index (χ0) is 23.9. The number of aromatic amines is 1. The number of para-hydroxylation sites is 1. The number of carbonyl (C=O) groups is 2. The summed E-state index contributed by atoms with van der Waals surface area (Å²) in [5.41, 5.74) is 5.42. The normalized spacial score (nSPS) is 16.2. The predicted molar refractivity (Wildman–Crippen MR) is 133 cm³/mol. The third-order valence-corrected chi connectivity index (χ3v) is 6.38. The quantitative estimate of drug-likeness (QED) is 0.410. The largest absolute Gasteiger partial charge is 0.491 e. The minimum atomic E-state index is -0.362. The Bertz CT molecular complexity index is 1310. The first-order chi connectivity index (χ1) is 16.3. The van der Waals surface area contributed by atoms with Crippen molar-refractivity contribution < 1.29 is 19.1 Å². The van der Waals surface area contributed by atoms with E-state index in [1.165, 1.54) is 5.56 Å². The van der Waals surface area contributed by atoms with E-state index in [9.17, 15) is 9.59 Å². The predicted octanol–water partition coefficient (Wildman–Crippen LogP) is 4.81. The van der Waals surface area contributed by atoms with Crippen molar-refractivity contribution in [3.05, 3.63) is 64.8 Å². The second kappa shape index (κ2) is 8.76. The molecular formula is C28H30N2O4. The van der Waals surface area contributed by atoms with Gasteiger partial charge in [0.2, 0.25) is 0 Å². The number of aromatic nitrogens is 1. The summed E-state index contributed by atoms with van der Waals surface area (Å²) in [5, 5.41) is 3.45. The van der Waals surface area contributed by atoms with Gasteiger partial charge in [-0.25, -0.2) is 0 Å². The molecule has 1 aliphatic heterocycles. The first kappa shape index (κ1) is 22.4. The van der Waals surface area contributed by atoms with E-state index in [0.717, 1.165) is 53.3 Å². The summed E-state index contributed by atoms with van der Waals surface area (Å²) in [6.07, 6.45) is 5.79. The lowest BCUT2D eigenvalue weighted by atomic mass is 9.84. The third-order valence-electron chi connectivity index (χ3n) is 6.38. The van der Waals surface area contributed by atoms with Crippen LogP contribution in [0.25, 0.3) is 22.0 Å². The van der Waals surface area contributed by atoms with Crippen LogP contribution < -0.4 is 10.1 Å². The standard InChI is InChI=1S/C28H30N2O4/c1-28(2,3)34-13-12-33-18-14-17-8-4-5-9-19(17)21(15-18)24-25(27(32)30-26(24)31)22-16-29-23-11-7-6-10-20(22)23/h6-7,10-11,14-16,29H,4-5,8-9,12-13H2,1-3H3,(H,30,31,32). The summed E-state index contributed by atoms with van der Waals surface area (Å²) in [5.74, 6) is -0.0171. The van der Waals surface area contributed by atoms with Crippen molar-refractivity contribution in [2.75, 3.05) is 13.2 Å². The van der Waals surface area contributed by atoms with Gasteiger partial charge in [-0.15, -0.1) is 0 Å². The summed E-state index contributed by atoms with van der Waals surface area (Å²) in [6.45, 7) is 6.92. The molecule has 34 heavy (non-hydrogen) atoms. The third kappa shape index (κ3) is 4.26. The number of hydrogen-bond acceptors (Lipinski definition) is 4. The lowest BCUT2D eigenvalue weighted by Gasteiger charge is -2.23. The Morgan fingerprint density at radius 3 is 2.44 bits per heavy atom. The molecule has 0 spiro atoms. The van der Waals surface area contributed by atoms with Gasteiger partial charge < -0.3 is 14.5 Å². The second-order valence-corrected chi connectivity index (χ2v) is 9.91. The minimum Gasteiger partial charge on any atom is -0.491 e. The van der Waals surface area contributed by atoms with Crippen molar-refractivity contribution in [2.24, 2.45) is 0 Å². The Labute approximate surface area is 199 Å². The van der Waals surface area contributed by atoms with Crippen molar-refractivity contribution in [1.82, 2.24) is 10.3 Å². The van der Waals surface area contributed by atoms with Gasteiger partial charge in [-0.3, -0.25) is 14.9 Å². The molecule has 2 amide bonds. The van der Waals surface area contributed by atoms with Crippen molar-refractivity contribution >= 4 is 33.9 Å². The summed E-state index contributed by atoms with van der Waals surface area (Å²) < 4.78 is 11.8. The van der Waals surface area contributed by atoms with Crippen LogP contribution in [0.15, 0.2) is 42.6 Å². The molecule has 6 heteroatoms. The van der Waals surface area contributed by atoms with E-state index in [0.29, 0.717) is 30.1 Å². The zero-order valence-electron chi connectivity index (χ0n) is 19.9. The van der Waals surface area contributed by atoms with Gasteiger partial charge in [0.25, 0.3) is 11.8 Å². The second-order valence-electron chi connectivity index (χ2n) is 9.91. The molecule has 176 valence electrons. The highest BCUT2D eigenvalue weighted by Crippen LogP contribution is 2.40. The molecule has 0 fully saturated rings. The lowest BCUT2D eigenvalue weighted by molar-refractivity contribution is -0.122. The Morgan fingerprint density at radius 1 is 0.912 bits per heavy atom. The molecule has 0 radical (unpaired) electrons. The maximum Gasteiger partial charge on any atom is 0.259 e. The fourth-order valence-electron chi connectivity index (χ4n) is 4.90. The Kier molecular flexibility index (Phi) is 5.78. The van der Waals surface area contributed by atoms with Crippen LogP contribution in [-0.4, -0.2) is 35.6 Å². The molecule has 2 heterocycles. The molecule has 6 nitrogen and oxygen atoms in total. The van der Waals surface area contributed by atoms with Crippen molar-refractivity contribution in [2.45, 2.75) is 52.1 Å². The van der Waals surface area contributed by atoms with Gasteiger partial charge in [-0.2, -0.15) is 0 Å². The Hall–Kier alpha value is -3.38. The number of amides is 2. The van der Waals surface area contributed by atoms with Crippen LogP contribution in [0.5, 0.6) is 5.75 Å². The van der Waals surface area contributed by atoms with Crippen molar-refractivity contribution in [1.29, 1.82) is 0 Å². The number of imide groups is 1. The van der Waals surface area contributed by atoms with Gasteiger partial charge >= 0.3 is 0 Å². The number of hydrogen-bond donors (Lipinski definition) is 2. The van der Waals surface area contributed by atoms with E-state index >= 15 is 0 Å². The molecule has 2 aliphatic rings. The van der Waals surface area contributed by atoms with Crippen molar-refractivity contribution in [3.8, 4) is 5.75 Å². The number of benzene rings is 2. The minimum absolute atomic E-state index is 0.230. The van der Waals surface area contributed by atoms with Crippen LogP contribution in [0, 0.1) is 0 Å². The van der Waals surface area contributed by atoms with Crippen LogP contribution in [0.2, 0.25) is 0 Å². The first-order valence-corrected chi connectivity index (χ1v) is 11.9. The van der Waals surface area contributed by atoms with E-state index in [-0.39, 0.29) is 17.4 Å². The molecule has 0 saturated heterocycles. The van der Waals surface area contributed by atoms with E-state index in [1.807, 2.05) is 57.3 Å². The molecule has 0 saturated carbocycles. The molecule has 3 aromatic rings. The summed E-state index contributed by atoms with van der Waals surface area (Å²) in [6, 6.07) is 11.8. The lowest BCUT2D eigenvalue weighted by Crippen LogP contribution is -2.23. The van der Waals surface area contributed by atoms with E-state index in [4.69, 9.17) is 9.47 Å². The number of ether oxygens (including phenoxy) is 2. The van der Waals surface area contributed by atoms with Gasteiger partial charge in [0, 0.05) is 22.7 Å². The summed E-state index contributed by atoms with van der Waals surface area (Å²) >= 11 is 0.